The number of halogens is 1. The first-order valence-corrected chi connectivity index (χ1v) is 7.09. The van der Waals surface area contributed by atoms with Crippen molar-refractivity contribution >= 4 is 33.2 Å². The summed E-state index contributed by atoms with van der Waals surface area (Å²) in [7, 11) is 1.77. The lowest BCUT2D eigenvalue weighted by atomic mass is 10.1. The Labute approximate surface area is 127 Å². The molecule has 2 aromatic rings. The maximum Gasteiger partial charge on any atom is 0.259 e. The number of rotatable bonds is 2. The minimum Gasteiger partial charge on any atom is -0.399 e. The molecule has 0 atom stereocenters. The van der Waals surface area contributed by atoms with Crippen molar-refractivity contribution in [1.29, 1.82) is 0 Å². The molecule has 2 rings (SSSR count). The van der Waals surface area contributed by atoms with Gasteiger partial charge in [0.2, 0.25) is 0 Å². The van der Waals surface area contributed by atoms with E-state index in [0.29, 0.717) is 11.3 Å². The summed E-state index contributed by atoms with van der Waals surface area (Å²) < 4.78 is 0.743. The molecular formula is C16H17BrN2O. The van der Waals surface area contributed by atoms with Gasteiger partial charge in [-0.05, 0) is 71.2 Å². The first-order chi connectivity index (χ1) is 9.38. The van der Waals surface area contributed by atoms with E-state index in [1.807, 2.05) is 26.0 Å². The van der Waals surface area contributed by atoms with Gasteiger partial charge in [0, 0.05) is 22.9 Å². The van der Waals surface area contributed by atoms with Crippen molar-refractivity contribution < 1.29 is 4.79 Å². The largest absolute Gasteiger partial charge is 0.399 e. The van der Waals surface area contributed by atoms with Gasteiger partial charge < -0.3 is 10.6 Å². The molecule has 0 fully saturated rings. The number of hydrogen-bond donors (Lipinski definition) is 1. The normalized spacial score (nSPS) is 10.4. The molecule has 0 aromatic heterocycles. The molecule has 0 aliphatic heterocycles. The lowest BCUT2D eigenvalue weighted by Gasteiger charge is -2.19. The molecule has 0 spiro atoms. The van der Waals surface area contributed by atoms with Crippen molar-refractivity contribution in [3.63, 3.8) is 0 Å². The summed E-state index contributed by atoms with van der Waals surface area (Å²) >= 11 is 3.40. The van der Waals surface area contributed by atoms with Crippen LogP contribution in [0, 0.1) is 13.8 Å². The second-order valence-corrected chi connectivity index (χ2v) is 5.80. The maximum atomic E-state index is 12.6. The van der Waals surface area contributed by atoms with E-state index in [9.17, 15) is 4.79 Å². The number of anilines is 2. The molecule has 0 heterocycles. The first-order valence-electron chi connectivity index (χ1n) is 6.30. The van der Waals surface area contributed by atoms with Crippen LogP contribution in [0.2, 0.25) is 0 Å². The second-order valence-electron chi connectivity index (χ2n) is 4.95. The Hall–Kier alpha value is -1.81. The lowest BCUT2D eigenvalue weighted by molar-refractivity contribution is 0.0992. The van der Waals surface area contributed by atoms with Gasteiger partial charge in [0.25, 0.3) is 5.91 Å². The molecule has 104 valence electrons. The minimum atomic E-state index is -0.0887. The van der Waals surface area contributed by atoms with Crippen LogP contribution in [-0.2, 0) is 0 Å². The van der Waals surface area contributed by atoms with Crippen molar-refractivity contribution in [1.82, 2.24) is 0 Å². The van der Waals surface area contributed by atoms with E-state index >= 15 is 0 Å². The van der Waals surface area contributed by atoms with Gasteiger partial charge >= 0.3 is 0 Å². The van der Waals surface area contributed by atoms with Crippen LogP contribution in [0.25, 0.3) is 0 Å². The summed E-state index contributed by atoms with van der Waals surface area (Å²) in [5, 5.41) is 0. The Morgan fingerprint density at radius 1 is 1.10 bits per heavy atom. The zero-order chi connectivity index (χ0) is 14.9. The number of nitrogens with zero attached hydrogens (tertiary/aromatic N) is 1. The molecule has 0 unspecified atom stereocenters. The van der Waals surface area contributed by atoms with Gasteiger partial charge in [0.1, 0.15) is 0 Å². The molecule has 0 radical (unpaired) electrons. The van der Waals surface area contributed by atoms with Crippen molar-refractivity contribution in [2.75, 3.05) is 17.7 Å². The second kappa shape index (κ2) is 5.67. The van der Waals surface area contributed by atoms with Crippen molar-refractivity contribution in [2.45, 2.75) is 13.8 Å². The van der Waals surface area contributed by atoms with Crippen LogP contribution in [0.15, 0.2) is 40.9 Å². The summed E-state index contributed by atoms with van der Waals surface area (Å²) in [6, 6.07) is 11.3. The fourth-order valence-corrected chi connectivity index (χ4v) is 2.57. The SMILES string of the molecule is Cc1cc(C)cc(N(C)C(=O)c2cc(N)ccc2Br)c1. The molecule has 20 heavy (non-hydrogen) atoms. The molecule has 2 aromatic carbocycles. The first kappa shape index (κ1) is 14.6. The average Bonchev–Trinajstić information content (AvgIpc) is 2.38. The van der Waals surface area contributed by atoms with E-state index in [2.05, 4.69) is 22.0 Å². The van der Waals surface area contributed by atoms with Crippen LogP contribution in [0.1, 0.15) is 21.5 Å². The molecule has 0 saturated carbocycles. The Morgan fingerprint density at radius 3 is 2.30 bits per heavy atom. The lowest BCUT2D eigenvalue weighted by Crippen LogP contribution is -2.26. The Bertz CT molecular complexity index is 647. The van der Waals surface area contributed by atoms with Gasteiger partial charge in [-0.15, -0.1) is 0 Å². The molecule has 0 saturated heterocycles. The minimum absolute atomic E-state index is 0.0887. The highest BCUT2D eigenvalue weighted by Gasteiger charge is 2.17. The van der Waals surface area contributed by atoms with E-state index < -0.39 is 0 Å². The molecule has 1 amide bonds. The Balaban J connectivity index is 2.39. The van der Waals surface area contributed by atoms with E-state index in [-0.39, 0.29) is 5.91 Å². The Morgan fingerprint density at radius 2 is 1.70 bits per heavy atom. The van der Waals surface area contributed by atoms with Gasteiger partial charge in [0.05, 0.1) is 5.56 Å². The molecule has 2 N–H and O–H groups in total. The summed E-state index contributed by atoms with van der Waals surface area (Å²) in [6.45, 7) is 4.04. The number of carbonyl (C=O) groups excluding carboxylic acids is 1. The third kappa shape index (κ3) is 3.02. The highest BCUT2D eigenvalue weighted by atomic mass is 79.9. The highest BCUT2D eigenvalue weighted by molar-refractivity contribution is 9.10. The van der Waals surface area contributed by atoms with E-state index in [1.54, 1.807) is 30.1 Å². The average molecular weight is 333 g/mol. The number of carbonyl (C=O) groups is 1. The molecule has 3 nitrogen and oxygen atoms in total. The number of nitrogen functional groups attached to an aromatic ring is 1. The summed E-state index contributed by atoms with van der Waals surface area (Å²) in [6.07, 6.45) is 0. The molecule has 0 aliphatic carbocycles. The van der Waals surface area contributed by atoms with Crippen LogP contribution in [-0.4, -0.2) is 13.0 Å². The number of nitrogens with two attached hydrogens (primary N) is 1. The molecule has 0 bridgehead atoms. The van der Waals surface area contributed by atoms with Crippen LogP contribution < -0.4 is 10.6 Å². The van der Waals surface area contributed by atoms with Crippen LogP contribution in [0.5, 0.6) is 0 Å². The van der Waals surface area contributed by atoms with Crippen LogP contribution in [0.3, 0.4) is 0 Å². The third-order valence-corrected chi connectivity index (χ3v) is 3.81. The van der Waals surface area contributed by atoms with Crippen molar-refractivity contribution in [3.8, 4) is 0 Å². The monoisotopic (exact) mass is 332 g/mol. The summed E-state index contributed by atoms with van der Waals surface area (Å²) in [4.78, 5) is 14.2. The van der Waals surface area contributed by atoms with Crippen LogP contribution >= 0.6 is 15.9 Å². The fourth-order valence-electron chi connectivity index (χ4n) is 2.15. The Kier molecular flexibility index (Phi) is 4.14. The highest BCUT2D eigenvalue weighted by Crippen LogP contribution is 2.24. The molecule has 4 heteroatoms. The predicted octanol–water partition coefficient (Wildman–Crippen LogP) is 3.92. The maximum absolute atomic E-state index is 12.6. The number of benzene rings is 2. The predicted molar refractivity (Wildman–Crippen MR) is 87.2 cm³/mol. The van der Waals surface area contributed by atoms with Gasteiger partial charge in [-0.25, -0.2) is 0 Å². The van der Waals surface area contributed by atoms with E-state index in [0.717, 1.165) is 21.3 Å². The van der Waals surface area contributed by atoms with E-state index in [4.69, 9.17) is 5.73 Å². The van der Waals surface area contributed by atoms with E-state index in [1.165, 1.54) is 0 Å². The van der Waals surface area contributed by atoms with Gasteiger partial charge in [-0.3, -0.25) is 4.79 Å². The van der Waals surface area contributed by atoms with Crippen LogP contribution in [0.4, 0.5) is 11.4 Å². The zero-order valence-electron chi connectivity index (χ0n) is 11.8. The summed E-state index contributed by atoms with van der Waals surface area (Å²) in [5.74, 6) is -0.0887. The number of aryl methyl sites for hydroxylation is 2. The van der Waals surface area contributed by atoms with Crippen molar-refractivity contribution in [2.24, 2.45) is 0 Å². The fraction of sp³-hybridized carbons (Fsp3) is 0.188. The molecule has 0 aliphatic rings. The summed E-state index contributed by atoms with van der Waals surface area (Å²) in [5.41, 5.74) is 10.0. The quantitative estimate of drug-likeness (QED) is 0.847. The standard InChI is InChI=1S/C16H17BrN2O/c1-10-6-11(2)8-13(7-10)19(3)16(20)14-9-12(18)4-5-15(14)17/h4-9H,18H2,1-3H3. The van der Waals surface area contributed by atoms with Gasteiger partial charge in [-0.1, -0.05) is 6.07 Å². The van der Waals surface area contributed by atoms with Crippen molar-refractivity contribution in [3.05, 3.63) is 57.6 Å². The smallest absolute Gasteiger partial charge is 0.259 e. The molecular weight excluding hydrogens is 316 g/mol. The zero-order valence-corrected chi connectivity index (χ0v) is 13.4. The number of amides is 1. The van der Waals surface area contributed by atoms with Gasteiger partial charge in [0.15, 0.2) is 0 Å². The third-order valence-electron chi connectivity index (χ3n) is 3.12. The topological polar surface area (TPSA) is 46.3 Å². The van der Waals surface area contributed by atoms with Gasteiger partial charge in [-0.2, -0.15) is 0 Å². The number of hydrogen-bond acceptors (Lipinski definition) is 2.